The molecule has 0 unspecified atom stereocenters. The van der Waals surface area contributed by atoms with Crippen molar-refractivity contribution >= 4 is 22.2 Å². The van der Waals surface area contributed by atoms with Crippen molar-refractivity contribution in [3.05, 3.63) is 78.5 Å². The molecule has 4 rings (SSSR count). The molecule has 3 aromatic rings. The first kappa shape index (κ1) is 15.3. The Morgan fingerprint density at radius 1 is 0.870 bits per heavy atom. The van der Waals surface area contributed by atoms with Gasteiger partial charge in [0, 0.05) is 22.8 Å². The monoisotopic (exact) mass is 302 g/mol. The Morgan fingerprint density at radius 2 is 1.57 bits per heavy atom. The first-order valence-electron chi connectivity index (χ1n) is 7.92. The van der Waals surface area contributed by atoms with Crippen LogP contribution in [0.1, 0.15) is 26.3 Å². The van der Waals surface area contributed by atoms with Gasteiger partial charge in [-0.25, -0.2) is 0 Å². The van der Waals surface area contributed by atoms with Crippen LogP contribution in [0.25, 0.3) is 16.5 Å². The number of rotatable bonds is 0. The number of aromatic nitrogens is 1. The van der Waals surface area contributed by atoms with E-state index in [-0.39, 0.29) is 5.54 Å². The van der Waals surface area contributed by atoms with E-state index in [1.54, 1.807) is 0 Å². The van der Waals surface area contributed by atoms with Gasteiger partial charge in [0.1, 0.15) is 0 Å². The van der Waals surface area contributed by atoms with E-state index in [1.165, 1.54) is 22.2 Å². The fourth-order valence-electron chi connectivity index (χ4n) is 2.95. The third kappa shape index (κ3) is 3.59. The van der Waals surface area contributed by atoms with Crippen molar-refractivity contribution in [1.29, 1.82) is 0 Å². The lowest BCUT2D eigenvalue weighted by Gasteiger charge is -2.31. The number of nitrogens with one attached hydrogen (secondary N) is 1. The summed E-state index contributed by atoms with van der Waals surface area (Å²) in [6, 6.07) is 20.5. The van der Waals surface area contributed by atoms with Gasteiger partial charge < -0.3 is 5.32 Å². The van der Waals surface area contributed by atoms with Crippen LogP contribution in [-0.2, 0) is 0 Å². The second-order valence-corrected chi connectivity index (χ2v) is 6.42. The molecule has 0 radical (unpaired) electrons. The van der Waals surface area contributed by atoms with Gasteiger partial charge in [-0.15, -0.1) is 0 Å². The predicted molar refractivity (Wildman–Crippen MR) is 99.5 cm³/mol. The predicted octanol–water partition coefficient (Wildman–Crippen LogP) is 5.53. The van der Waals surface area contributed by atoms with Gasteiger partial charge in [-0.1, -0.05) is 48.5 Å². The lowest BCUT2D eigenvalue weighted by atomic mass is 9.91. The highest BCUT2D eigenvalue weighted by molar-refractivity contribution is 5.80. The average Bonchev–Trinajstić information content (AvgIpc) is 2.54. The van der Waals surface area contributed by atoms with Crippen molar-refractivity contribution in [3.8, 4) is 0 Å². The molecule has 2 aromatic carbocycles. The van der Waals surface area contributed by atoms with E-state index in [1.807, 2.05) is 30.5 Å². The van der Waals surface area contributed by atoms with Crippen LogP contribution in [0, 0.1) is 0 Å². The molecular formula is C21H22N2. The number of fused-ring (bicyclic) bond motifs is 2. The number of hydrogen-bond donors (Lipinski definition) is 1. The highest BCUT2D eigenvalue weighted by atomic mass is 15.0. The topological polar surface area (TPSA) is 24.9 Å². The van der Waals surface area contributed by atoms with E-state index in [9.17, 15) is 0 Å². The van der Waals surface area contributed by atoms with Crippen molar-refractivity contribution in [3.63, 3.8) is 0 Å². The first-order chi connectivity index (χ1) is 11.1. The zero-order valence-corrected chi connectivity index (χ0v) is 13.9. The summed E-state index contributed by atoms with van der Waals surface area (Å²) in [5.74, 6) is 0. The second kappa shape index (κ2) is 6.25. The normalized spacial score (nSPS) is 14.8. The molecule has 2 heteroatoms. The van der Waals surface area contributed by atoms with Crippen molar-refractivity contribution in [2.24, 2.45) is 0 Å². The Kier molecular flexibility index (Phi) is 4.16. The van der Waals surface area contributed by atoms with E-state index in [0.717, 1.165) is 5.52 Å². The Bertz CT molecular complexity index is 782. The van der Waals surface area contributed by atoms with Gasteiger partial charge in [0.2, 0.25) is 0 Å². The highest BCUT2D eigenvalue weighted by Crippen LogP contribution is 2.32. The standard InChI is InChI=1S/C12H15N.C9H7N/c1-9-8-12(2,3)13-11-7-5-4-6-10(9)11;1-2-6-9-8(4-1)5-3-7-10-9/h4-8,13H,1-3H3;1-7H. The van der Waals surface area contributed by atoms with Crippen LogP contribution in [0.15, 0.2) is 72.9 Å². The summed E-state index contributed by atoms with van der Waals surface area (Å²) in [5, 5.41) is 4.69. The maximum absolute atomic E-state index is 4.18. The van der Waals surface area contributed by atoms with Crippen LogP contribution in [-0.4, -0.2) is 10.5 Å². The number of nitrogens with zero attached hydrogens (tertiary/aromatic N) is 1. The molecule has 2 heterocycles. The quantitative estimate of drug-likeness (QED) is 0.590. The number of anilines is 1. The van der Waals surface area contributed by atoms with Crippen molar-refractivity contribution < 1.29 is 0 Å². The summed E-state index contributed by atoms with van der Waals surface area (Å²) in [5.41, 5.74) is 5.07. The molecule has 0 fully saturated rings. The van der Waals surface area contributed by atoms with Gasteiger partial charge in [0.25, 0.3) is 0 Å². The van der Waals surface area contributed by atoms with E-state index < -0.39 is 0 Å². The third-order valence-corrected chi connectivity index (χ3v) is 3.90. The van der Waals surface area contributed by atoms with Gasteiger partial charge >= 0.3 is 0 Å². The Balaban J connectivity index is 0.000000140. The summed E-state index contributed by atoms with van der Waals surface area (Å²) in [6.45, 7) is 6.54. The molecule has 0 aliphatic carbocycles. The van der Waals surface area contributed by atoms with E-state index in [4.69, 9.17) is 0 Å². The fourth-order valence-corrected chi connectivity index (χ4v) is 2.95. The van der Waals surface area contributed by atoms with Crippen LogP contribution < -0.4 is 5.32 Å². The molecular weight excluding hydrogens is 280 g/mol. The zero-order valence-electron chi connectivity index (χ0n) is 13.9. The molecule has 0 atom stereocenters. The molecule has 0 bridgehead atoms. The number of allylic oxidation sites excluding steroid dienone is 1. The third-order valence-electron chi connectivity index (χ3n) is 3.90. The van der Waals surface area contributed by atoms with Crippen LogP contribution in [0.2, 0.25) is 0 Å². The fraction of sp³-hybridized carbons (Fsp3) is 0.190. The minimum absolute atomic E-state index is 0.0818. The molecule has 0 saturated carbocycles. The van der Waals surface area contributed by atoms with Crippen LogP contribution in [0.5, 0.6) is 0 Å². The smallest absolute Gasteiger partial charge is 0.0701 e. The largest absolute Gasteiger partial charge is 0.376 e. The molecule has 0 amide bonds. The maximum atomic E-state index is 4.18. The molecule has 1 N–H and O–H groups in total. The first-order valence-corrected chi connectivity index (χ1v) is 7.92. The van der Waals surface area contributed by atoms with Crippen LogP contribution in [0.3, 0.4) is 0 Å². The summed E-state index contributed by atoms with van der Waals surface area (Å²) in [4.78, 5) is 4.18. The number of benzene rings is 2. The van der Waals surface area contributed by atoms with Crippen LogP contribution in [0.4, 0.5) is 5.69 Å². The van der Waals surface area contributed by atoms with E-state index in [2.05, 4.69) is 73.5 Å². The number of hydrogen-bond acceptors (Lipinski definition) is 2. The average molecular weight is 302 g/mol. The van der Waals surface area contributed by atoms with Gasteiger partial charge in [-0.3, -0.25) is 4.98 Å². The van der Waals surface area contributed by atoms with Gasteiger partial charge in [0.15, 0.2) is 0 Å². The molecule has 1 aliphatic rings. The van der Waals surface area contributed by atoms with Gasteiger partial charge in [-0.05, 0) is 44.5 Å². The van der Waals surface area contributed by atoms with Crippen molar-refractivity contribution in [2.45, 2.75) is 26.3 Å². The Labute approximate surface area is 137 Å². The summed E-state index contributed by atoms with van der Waals surface area (Å²) in [6.07, 6.45) is 4.08. The zero-order chi connectivity index (χ0) is 16.3. The minimum Gasteiger partial charge on any atom is -0.376 e. The van der Waals surface area contributed by atoms with Crippen molar-refractivity contribution in [1.82, 2.24) is 4.98 Å². The highest BCUT2D eigenvalue weighted by Gasteiger charge is 2.21. The molecule has 0 spiro atoms. The van der Waals surface area contributed by atoms with Crippen LogP contribution >= 0.6 is 0 Å². The molecule has 23 heavy (non-hydrogen) atoms. The molecule has 1 aromatic heterocycles. The van der Waals surface area contributed by atoms with Crippen molar-refractivity contribution in [2.75, 3.05) is 5.32 Å². The summed E-state index contributed by atoms with van der Waals surface area (Å²) in [7, 11) is 0. The number of pyridine rings is 1. The molecule has 0 saturated heterocycles. The maximum Gasteiger partial charge on any atom is 0.0701 e. The molecule has 2 nitrogen and oxygen atoms in total. The lowest BCUT2D eigenvalue weighted by Crippen LogP contribution is -2.31. The van der Waals surface area contributed by atoms with E-state index >= 15 is 0 Å². The van der Waals surface area contributed by atoms with Gasteiger partial charge in [-0.2, -0.15) is 0 Å². The molecule has 1 aliphatic heterocycles. The molecule has 116 valence electrons. The Hall–Kier alpha value is -2.61. The number of para-hydroxylation sites is 2. The SMILES string of the molecule is CC1=CC(C)(C)Nc2ccccc21.c1ccc2ncccc2c1. The van der Waals surface area contributed by atoms with E-state index in [0.29, 0.717) is 0 Å². The minimum atomic E-state index is 0.0818. The summed E-state index contributed by atoms with van der Waals surface area (Å²) >= 11 is 0. The van der Waals surface area contributed by atoms with Gasteiger partial charge in [0.05, 0.1) is 11.1 Å². The second-order valence-electron chi connectivity index (χ2n) is 6.42. The lowest BCUT2D eigenvalue weighted by molar-refractivity contribution is 0.707. The Morgan fingerprint density at radius 3 is 2.39 bits per heavy atom. The summed E-state index contributed by atoms with van der Waals surface area (Å²) < 4.78 is 0.